The molecule has 58 valence electrons. The van der Waals surface area contributed by atoms with E-state index in [0.29, 0.717) is 5.69 Å². The molecule has 0 spiro atoms. The van der Waals surface area contributed by atoms with E-state index >= 15 is 0 Å². The Kier molecular flexibility index (Phi) is 1.32. The van der Waals surface area contributed by atoms with Crippen LogP contribution in [0.4, 0.5) is 0 Å². The van der Waals surface area contributed by atoms with Crippen LogP contribution in [0.2, 0.25) is 0 Å². The zero-order valence-corrected chi connectivity index (χ0v) is 6.23. The molecule has 0 N–H and O–H groups in total. The SMILES string of the molecule is C[C@H]1O[C@@H]1c1cccc[n+]1[O-]. The molecule has 0 unspecified atom stereocenters. The van der Waals surface area contributed by atoms with Gasteiger partial charge < -0.3 is 9.94 Å². The second kappa shape index (κ2) is 2.20. The van der Waals surface area contributed by atoms with Crippen LogP contribution >= 0.6 is 0 Å². The van der Waals surface area contributed by atoms with E-state index in [2.05, 4.69) is 0 Å². The first-order valence-electron chi connectivity index (χ1n) is 3.62. The van der Waals surface area contributed by atoms with Crippen molar-refractivity contribution >= 4 is 0 Å². The summed E-state index contributed by atoms with van der Waals surface area (Å²) in [4.78, 5) is 0. The lowest BCUT2D eigenvalue weighted by Crippen LogP contribution is -2.30. The average Bonchev–Trinajstić information content (AvgIpc) is 2.68. The first-order chi connectivity index (χ1) is 5.29. The van der Waals surface area contributed by atoms with Gasteiger partial charge in [0.1, 0.15) is 0 Å². The highest BCUT2D eigenvalue weighted by Crippen LogP contribution is 2.35. The summed E-state index contributed by atoms with van der Waals surface area (Å²) < 4.78 is 6.02. The van der Waals surface area contributed by atoms with Gasteiger partial charge in [0.2, 0.25) is 5.69 Å². The minimum Gasteiger partial charge on any atom is -0.618 e. The number of nitrogens with zero attached hydrogens (tertiary/aromatic N) is 1. The fourth-order valence-electron chi connectivity index (χ4n) is 1.16. The van der Waals surface area contributed by atoms with Crippen molar-refractivity contribution < 1.29 is 9.47 Å². The third-order valence-electron chi connectivity index (χ3n) is 1.86. The fourth-order valence-corrected chi connectivity index (χ4v) is 1.16. The van der Waals surface area contributed by atoms with Crippen molar-refractivity contribution in [2.75, 3.05) is 0 Å². The molecule has 0 aromatic carbocycles. The third kappa shape index (κ3) is 1.07. The molecule has 2 heterocycles. The average molecular weight is 151 g/mol. The van der Waals surface area contributed by atoms with Crippen LogP contribution in [-0.2, 0) is 4.74 Å². The van der Waals surface area contributed by atoms with E-state index in [1.54, 1.807) is 12.1 Å². The highest BCUT2D eigenvalue weighted by Gasteiger charge is 2.41. The van der Waals surface area contributed by atoms with Gasteiger partial charge in [0.05, 0.1) is 6.10 Å². The maximum absolute atomic E-state index is 11.1. The predicted octanol–water partition coefficient (Wildman–Crippen LogP) is 0.780. The second-order valence-electron chi connectivity index (χ2n) is 2.71. The Labute approximate surface area is 64.8 Å². The van der Waals surface area contributed by atoms with Crippen LogP contribution in [0.1, 0.15) is 18.7 Å². The van der Waals surface area contributed by atoms with Gasteiger partial charge in [-0.2, -0.15) is 4.73 Å². The molecule has 1 aliphatic heterocycles. The molecule has 0 radical (unpaired) electrons. The molecule has 1 aliphatic rings. The summed E-state index contributed by atoms with van der Waals surface area (Å²) in [5.41, 5.74) is 0.708. The quantitative estimate of drug-likeness (QED) is 0.338. The van der Waals surface area contributed by atoms with Crippen molar-refractivity contribution in [3.63, 3.8) is 0 Å². The van der Waals surface area contributed by atoms with Crippen LogP contribution in [0.3, 0.4) is 0 Å². The molecule has 0 amide bonds. The lowest BCUT2D eigenvalue weighted by Gasteiger charge is -1.98. The van der Waals surface area contributed by atoms with Crippen molar-refractivity contribution in [3.8, 4) is 0 Å². The zero-order valence-electron chi connectivity index (χ0n) is 6.23. The maximum atomic E-state index is 11.1. The van der Waals surface area contributed by atoms with Crippen molar-refractivity contribution in [1.29, 1.82) is 0 Å². The summed E-state index contributed by atoms with van der Waals surface area (Å²) in [5.74, 6) is 0. The number of rotatable bonds is 1. The molecular weight excluding hydrogens is 142 g/mol. The lowest BCUT2D eigenvalue weighted by atomic mass is 10.2. The summed E-state index contributed by atoms with van der Waals surface area (Å²) in [7, 11) is 0. The number of ether oxygens (including phenoxy) is 1. The maximum Gasteiger partial charge on any atom is 0.224 e. The first-order valence-corrected chi connectivity index (χ1v) is 3.62. The Morgan fingerprint density at radius 1 is 1.55 bits per heavy atom. The largest absolute Gasteiger partial charge is 0.618 e. The summed E-state index contributed by atoms with van der Waals surface area (Å²) in [6, 6.07) is 5.35. The topological polar surface area (TPSA) is 39.5 Å². The summed E-state index contributed by atoms with van der Waals surface area (Å²) in [6.07, 6.45) is 1.72. The monoisotopic (exact) mass is 151 g/mol. The van der Waals surface area contributed by atoms with E-state index in [-0.39, 0.29) is 12.2 Å². The van der Waals surface area contributed by atoms with Gasteiger partial charge in [0.25, 0.3) is 0 Å². The number of epoxide rings is 1. The van der Waals surface area contributed by atoms with Crippen LogP contribution in [0, 0.1) is 5.21 Å². The normalized spacial score (nSPS) is 28.5. The van der Waals surface area contributed by atoms with Gasteiger partial charge in [-0.3, -0.25) is 0 Å². The van der Waals surface area contributed by atoms with E-state index in [9.17, 15) is 5.21 Å². The van der Waals surface area contributed by atoms with Crippen LogP contribution in [0.5, 0.6) is 0 Å². The van der Waals surface area contributed by atoms with Gasteiger partial charge in [-0.25, -0.2) is 0 Å². The number of pyridine rings is 1. The second-order valence-corrected chi connectivity index (χ2v) is 2.71. The van der Waals surface area contributed by atoms with E-state index in [4.69, 9.17) is 4.74 Å². The third-order valence-corrected chi connectivity index (χ3v) is 1.86. The molecular formula is C8H9NO2. The van der Waals surface area contributed by atoms with E-state index < -0.39 is 0 Å². The van der Waals surface area contributed by atoms with Gasteiger partial charge in [-0.15, -0.1) is 0 Å². The van der Waals surface area contributed by atoms with Crippen LogP contribution < -0.4 is 4.73 Å². The Bertz CT molecular complexity index is 275. The molecule has 1 aromatic rings. The first kappa shape index (κ1) is 6.61. The molecule has 0 aliphatic carbocycles. The van der Waals surface area contributed by atoms with E-state index in [0.717, 1.165) is 4.73 Å². The number of hydrogen-bond donors (Lipinski definition) is 0. The minimum atomic E-state index is 0.0219. The molecule has 3 heteroatoms. The van der Waals surface area contributed by atoms with Gasteiger partial charge >= 0.3 is 0 Å². The fraction of sp³-hybridized carbons (Fsp3) is 0.375. The van der Waals surface area contributed by atoms with E-state index in [1.807, 2.05) is 13.0 Å². The molecule has 0 saturated carbocycles. The van der Waals surface area contributed by atoms with Crippen LogP contribution in [0.25, 0.3) is 0 Å². The minimum absolute atomic E-state index is 0.0219. The van der Waals surface area contributed by atoms with Crippen molar-refractivity contribution in [1.82, 2.24) is 0 Å². The van der Waals surface area contributed by atoms with Gasteiger partial charge in [-0.05, 0) is 13.0 Å². The Morgan fingerprint density at radius 2 is 2.27 bits per heavy atom. The van der Waals surface area contributed by atoms with Crippen molar-refractivity contribution in [2.45, 2.75) is 19.1 Å². The van der Waals surface area contributed by atoms with E-state index in [1.165, 1.54) is 6.20 Å². The highest BCUT2D eigenvalue weighted by molar-refractivity contribution is 5.07. The zero-order chi connectivity index (χ0) is 7.84. The summed E-state index contributed by atoms with van der Waals surface area (Å²) >= 11 is 0. The Balaban J connectivity index is 2.31. The van der Waals surface area contributed by atoms with Crippen LogP contribution in [-0.4, -0.2) is 6.10 Å². The molecule has 1 saturated heterocycles. The lowest BCUT2D eigenvalue weighted by molar-refractivity contribution is -0.615. The van der Waals surface area contributed by atoms with Crippen molar-refractivity contribution in [2.24, 2.45) is 0 Å². The summed E-state index contributed by atoms with van der Waals surface area (Å²) in [5, 5.41) is 11.1. The summed E-state index contributed by atoms with van der Waals surface area (Å²) in [6.45, 7) is 1.96. The van der Waals surface area contributed by atoms with Gasteiger partial charge in [-0.1, -0.05) is 0 Å². The van der Waals surface area contributed by atoms with Crippen LogP contribution in [0.15, 0.2) is 24.4 Å². The molecule has 1 aromatic heterocycles. The number of hydrogen-bond acceptors (Lipinski definition) is 2. The molecule has 11 heavy (non-hydrogen) atoms. The molecule has 2 atom stereocenters. The number of aromatic nitrogens is 1. The smallest absolute Gasteiger partial charge is 0.224 e. The standard InChI is InChI=1S/C8H9NO2/c1-6-8(11-6)7-4-2-3-5-9(7)10/h2-6,8H,1H3/t6-,8+/m1/s1. The Morgan fingerprint density at radius 3 is 2.82 bits per heavy atom. The Hall–Kier alpha value is -1.09. The van der Waals surface area contributed by atoms with Crippen molar-refractivity contribution in [3.05, 3.63) is 35.3 Å². The molecule has 1 fully saturated rings. The molecule has 2 rings (SSSR count). The van der Waals surface area contributed by atoms with Gasteiger partial charge in [0.15, 0.2) is 12.3 Å². The molecule has 0 bridgehead atoms. The van der Waals surface area contributed by atoms with Gasteiger partial charge in [0, 0.05) is 12.1 Å². The highest BCUT2D eigenvalue weighted by atomic mass is 16.6. The predicted molar refractivity (Wildman–Crippen MR) is 38.7 cm³/mol. The molecule has 3 nitrogen and oxygen atoms in total.